The normalized spacial score (nSPS) is 21.4. The largest absolute Gasteiger partial charge is 0.370 e. The number of rotatable bonds is 2. The number of fused-ring (bicyclic) bond motifs is 3. The summed E-state index contributed by atoms with van der Waals surface area (Å²) in [7, 11) is 0. The Morgan fingerprint density at radius 2 is 2.07 bits per heavy atom. The van der Waals surface area contributed by atoms with E-state index in [9.17, 15) is 4.79 Å². The summed E-state index contributed by atoms with van der Waals surface area (Å²) in [5.41, 5.74) is 2.22. The molecule has 0 bridgehead atoms. The average Bonchev–Trinajstić information content (AvgIpc) is 3.23. The van der Waals surface area contributed by atoms with Crippen molar-refractivity contribution in [2.24, 2.45) is 0 Å². The molecule has 3 aromatic heterocycles. The molecule has 9 nitrogen and oxygen atoms in total. The first-order valence-corrected chi connectivity index (χ1v) is 8.82. The predicted octanol–water partition coefficient (Wildman–Crippen LogP) is 1.12. The number of carbonyl (C=O) groups excluding carboxylic acids is 1. The Hall–Kier alpha value is -3.20. The van der Waals surface area contributed by atoms with E-state index in [1.165, 1.54) is 0 Å². The number of pyridine rings is 1. The maximum absolute atomic E-state index is 12.9. The van der Waals surface area contributed by atoms with Gasteiger partial charge in [0.15, 0.2) is 5.82 Å². The molecule has 0 radical (unpaired) electrons. The number of aromatic nitrogens is 6. The van der Waals surface area contributed by atoms with E-state index in [-0.39, 0.29) is 18.1 Å². The van der Waals surface area contributed by atoms with Crippen LogP contribution in [0.15, 0.2) is 43.1 Å². The van der Waals surface area contributed by atoms with Gasteiger partial charge in [0.05, 0.1) is 36.2 Å². The zero-order chi connectivity index (χ0) is 18.2. The highest BCUT2D eigenvalue weighted by Gasteiger charge is 2.38. The van der Waals surface area contributed by atoms with Gasteiger partial charge in [-0.1, -0.05) is 5.21 Å². The first-order chi connectivity index (χ1) is 13.3. The minimum absolute atomic E-state index is 0.00969. The van der Waals surface area contributed by atoms with Crippen LogP contribution in [-0.4, -0.2) is 59.9 Å². The molecule has 5 heterocycles. The molecule has 1 fully saturated rings. The van der Waals surface area contributed by atoms with Crippen molar-refractivity contribution in [3.8, 4) is 11.4 Å². The topological polar surface area (TPSA) is 98.9 Å². The highest BCUT2D eigenvalue weighted by molar-refractivity contribution is 5.93. The van der Waals surface area contributed by atoms with Crippen molar-refractivity contribution < 1.29 is 9.53 Å². The van der Waals surface area contributed by atoms with Crippen molar-refractivity contribution in [2.45, 2.75) is 25.2 Å². The Kier molecular flexibility index (Phi) is 3.86. The fourth-order valence-electron chi connectivity index (χ4n) is 3.63. The van der Waals surface area contributed by atoms with Gasteiger partial charge in [-0.05, 0) is 18.6 Å². The fraction of sp³-hybridized carbons (Fsp3) is 0.333. The van der Waals surface area contributed by atoms with Gasteiger partial charge >= 0.3 is 0 Å². The van der Waals surface area contributed by atoms with Gasteiger partial charge in [0.25, 0.3) is 5.91 Å². The van der Waals surface area contributed by atoms with Crippen LogP contribution in [0.25, 0.3) is 11.4 Å². The first kappa shape index (κ1) is 16.0. The van der Waals surface area contributed by atoms with Gasteiger partial charge in [0.2, 0.25) is 0 Å². The SMILES string of the molecule is O=C(c1cnc(-c2cccnc2)nc1)N1CCC2OCc3cnnn3C2C1. The van der Waals surface area contributed by atoms with E-state index >= 15 is 0 Å². The van der Waals surface area contributed by atoms with Gasteiger partial charge in [0.1, 0.15) is 0 Å². The van der Waals surface area contributed by atoms with Crippen molar-refractivity contribution in [1.29, 1.82) is 0 Å². The van der Waals surface area contributed by atoms with Crippen molar-refractivity contribution in [1.82, 2.24) is 34.8 Å². The highest BCUT2D eigenvalue weighted by atomic mass is 16.5. The molecule has 0 aliphatic carbocycles. The van der Waals surface area contributed by atoms with E-state index in [1.54, 1.807) is 31.0 Å². The quantitative estimate of drug-likeness (QED) is 0.672. The minimum Gasteiger partial charge on any atom is -0.370 e. The molecule has 27 heavy (non-hydrogen) atoms. The third kappa shape index (κ3) is 2.85. The molecule has 5 rings (SSSR count). The second kappa shape index (κ2) is 6.51. The monoisotopic (exact) mass is 363 g/mol. The first-order valence-electron chi connectivity index (χ1n) is 8.82. The Balaban J connectivity index is 1.34. The Labute approximate surface area is 155 Å². The number of carbonyl (C=O) groups is 1. The summed E-state index contributed by atoms with van der Waals surface area (Å²) in [5, 5.41) is 8.14. The summed E-state index contributed by atoms with van der Waals surface area (Å²) in [6.45, 7) is 1.68. The molecule has 0 aromatic carbocycles. The standard InChI is InChI=1S/C18H17N7O2/c26-18(13-7-20-17(21-8-13)12-2-1-4-19-6-12)24-5-3-16-15(10-24)25-14(11-27-16)9-22-23-25/h1-2,4,6-9,15-16H,3,5,10-11H2. The number of likely N-dealkylation sites (tertiary alicyclic amines) is 1. The molecular formula is C18H17N7O2. The van der Waals surface area contributed by atoms with Gasteiger partial charge in [-0.25, -0.2) is 14.6 Å². The van der Waals surface area contributed by atoms with E-state index in [2.05, 4.69) is 25.3 Å². The summed E-state index contributed by atoms with van der Waals surface area (Å²) in [5.74, 6) is 0.463. The number of amides is 1. The van der Waals surface area contributed by atoms with Gasteiger partial charge < -0.3 is 9.64 Å². The van der Waals surface area contributed by atoms with E-state index in [0.29, 0.717) is 31.1 Å². The minimum atomic E-state index is -0.0848. The highest BCUT2D eigenvalue weighted by Crippen LogP contribution is 2.30. The number of piperidine rings is 1. The maximum atomic E-state index is 12.9. The zero-order valence-electron chi connectivity index (χ0n) is 14.5. The Morgan fingerprint density at radius 1 is 1.19 bits per heavy atom. The third-order valence-electron chi connectivity index (χ3n) is 5.03. The molecule has 1 saturated heterocycles. The molecule has 3 aromatic rings. The van der Waals surface area contributed by atoms with Crippen LogP contribution in [-0.2, 0) is 11.3 Å². The summed E-state index contributed by atoms with van der Waals surface area (Å²) < 4.78 is 7.78. The van der Waals surface area contributed by atoms with E-state index < -0.39 is 0 Å². The van der Waals surface area contributed by atoms with Crippen molar-refractivity contribution >= 4 is 5.91 Å². The number of hydrogen-bond acceptors (Lipinski definition) is 7. The molecule has 0 N–H and O–H groups in total. The summed E-state index contributed by atoms with van der Waals surface area (Å²) in [6.07, 6.45) is 9.07. The lowest BCUT2D eigenvalue weighted by atomic mass is 10.00. The average molecular weight is 363 g/mol. The molecule has 9 heteroatoms. The number of nitrogens with zero attached hydrogens (tertiary/aromatic N) is 7. The van der Waals surface area contributed by atoms with Crippen molar-refractivity contribution in [3.05, 3.63) is 54.4 Å². The smallest absolute Gasteiger partial charge is 0.257 e. The summed E-state index contributed by atoms with van der Waals surface area (Å²) >= 11 is 0. The lowest BCUT2D eigenvalue weighted by Gasteiger charge is -2.40. The lowest BCUT2D eigenvalue weighted by Crippen LogP contribution is -2.49. The van der Waals surface area contributed by atoms with Crippen LogP contribution in [0.2, 0.25) is 0 Å². The van der Waals surface area contributed by atoms with Crippen LogP contribution < -0.4 is 0 Å². The van der Waals surface area contributed by atoms with Crippen molar-refractivity contribution in [2.75, 3.05) is 13.1 Å². The molecule has 136 valence electrons. The van der Waals surface area contributed by atoms with E-state index in [4.69, 9.17) is 4.74 Å². The molecule has 0 spiro atoms. The number of hydrogen-bond donors (Lipinski definition) is 0. The van der Waals surface area contributed by atoms with Crippen LogP contribution in [0.5, 0.6) is 0 Å². The van der Waals surface area contributed by atoms with Crippen LogP contribution in [0, 0.1) is 0 Å². The van der Waals surface area contributed by atoms with Crippen molar-refractivity contribution in [3.63, 3.8) is 0 Å². The predicted molar refractivity (Wildman–Crippen MR) is 93.4 cm³/mol. The molecular weight excluding hydrogens is 346 g/mol. The number of ether oxygens (including phenoxy) is 1. The molecule has 0 saturated carbocycles. The van der Waals surface area contributed by atoms with Gasteiger partial charge in [-0.3, -0.25) is 9.78 Å². The second-order valence-corrected chi connectivity index (χ2v) is 6.66. The van der Waals surface area contributed by atoms with Crippen LogP contribution >= 0.6 is 0 Å². The maximum Gasteiger partial charge on any atom is 0.257 e. The molecule has 2 aliphatic heterocycles. The van der Waals surface area contributed by atoms with Gasteiger partial charge in [-0.2, -0.15) is 0 Å². The summed E-state index contributed by atoms with van der Waals surface area (Å²) in [6, 6.07) is 3.70. The Morgan fingerprint density at radius 3 is 2.89 bits per heavy atom. The van der Waals surface area contributed by atoms with E-state index in [1.807, 2.05) is 21.7 Å². The molecule has 2 aliphatic rings. The lowest BCUT2D eigenvalue weighted by molar-refractivity contribution is -0.0605. The van der Waals surface area contributed by atoms with Gasteiger partial charge in [-0.15, -0.1) is 5.10 Å². The Bertz CT molecular complexity index is 957. The van der Waals surface area contributed by atoms with Crippen LogP contribution in [0.4, 0.5) is 0 Å². The zero-order valence-corrected chi connectivity index (χ0v) is 14.5. The second-order valence-electron chi connectivity index (χ2n) is 6.66. The van der Waals surface area contributed by atoms with Crippen LogP contribution in [0.3, 0.4) is 0 Å². The fourth-order valence-corrected chi connectivity index (χ4v) is 3.63. The molecule has 2 unspecified atom stereocenters. The van der Waals surface area contributed by atoms with Crippen LogP contribution in [0.1, 0.15) is 28.5 Å². The molecule has 2 atom stereocenters. The molecule has 1 amide bonds. The van der Waals surface area contributed by atoms with E-state index in [0.717, 1.165) is 17.7 Å². The summed E-state index contributed by atoms with van der Waals surface area (Å²) in [4.78, 5) is 27.4. The van der Waals surface area contributed by atoms with Gasteiger partial charge in [0, 0.05) is 43.4 Å². The third-order valence-corrected chi connectivity index (χ3v) is 5.03.